The second kappa shape index (κ2) is 4.03. The Morgan fingerprint density at radius 2 is 2.15 bits per heavy atom. The molecule has 1 aromatic heterocycles. The molecule has 0 unspecified atom stereocenters. The number of hydrogen-bond donors (Lipinski definition) is 0. The lowest BCUT2D eigenvalue weighted by Crippen LogP contribution is -2.08. The van der Waals surface area contributed by atoms with Crippen LogP contribution in [0.4, 0.5) is 0 Å². The zero-order chi connectivity index (χ0) is 9.84. The Hall–Kier alpha value is -1.38. The summed E-state index contributed by atoms with van der Waals surface area (Å²) in [5.74, 6) is -0.353. The fourth-order valence-electron chi connectivity index (χ4n) is 1.15. The quantitative estimate of drug-likeness (QED) is 0.650. The van der Waals surface area contributed by atoms with E-state index in [1.54, 1.807) is 13.0 Å². The molecule has 1 heterocycles. The molecule has 0 aromatic carbocycles. The summed E-state index contributed by atoms with van der Waals surface area (Å²) in [6.07, 6.45) is 0. The summed E-state index contributed by atoms with van der Waals surface area (Å²) in [6, 6.07) is 3.65. The van der Waals surface area contributed by atoms with Gasteiger partial charge < -0.3 is 4.74 Å². The lowest BCUT2D eigenvalue weighted by molar-refractivity contribution is 0.0519. The third kappa shape index (κ3) is 2.54. The monoisotopic (exact) mass is 179 g/mol. The van der Waals surface area contributed by atoms with Gasteiger partial charge in [0.05, 0.1) is 6.61 Å². The molecule has 0 aliphatic carbocycles. The van der Waals surface area contributed by atoms with Crippen molar-refractivity contribution in [2.24, 2.45) is 0 Å². The first-order valence-electron chi connectivity index (χ1n) is 4.26. The predicted octanol–water partition coefficient (Wildman–Crippen LogP) is 1.88. The molecule has 0 saturated heterocycles. The van der Waals surface area contributed by atoms with E-state index in [9.17, 15) is 4.79 Å². The predicted molar refractivity (Wildman–Crippen MR) is 49.7 cm³/mol. The van der Waals surface area contributed by atoms with E-state index in [2.05, 4.69) is 4.98 Å². The van der Waals surface area contributed by atoms with Gasteiger partial charge >= 0.3 is 5.97 Å². The topological polar surface area (TPSA) is 39.2 Å². The van der Waals surface area contributed by atoms with E-state index in [4.69, 9.17) is 4.74 Å². The van der Waals surface area contributed by atoms with Crippen molar-refractivity contribution in [3.63, 3.8) is 0 Å². The Labute approximate surface area is 77.8 Å². The summed E-state index contributed by atoms with van der Waals surface area (Å²) in [7, 11) is 0. The molecular formula is C10H13NO2. The maximum Gasteiger partial charge on any atom is 0.356 e. The number of rotatable bonds is 2. The van der Waals surface area contributed by atoms with E-state index in [-0.39, 0.29) is 5.97 Å². The lowest BCUT2D eigenvalue weighted by Gasteiger charge is -2.02. The molecule has 1 rings (SSSR count). The summed E-state index contributed by atoms with van der Waals surface area (Å²) >= 11 is 0. The summed E-state index contributed by atoms with van der Waals surface area (Å²) in [4.78, 5) is 15.3. The number of pyridine rings is 1. The van der Waals surface area contributed by atoms with Crippen LogP contribution in [0.3, 0.4) is 0 Å². The molecule has 0 aliphatic heterocycles. The first kappa shape index (κ1) is 9.71. The molecule has 1 aromatic rings. The zero-order valence-corrected chi connectivity index (χ0v) is 8.13. The number of ether oxygens (including phenoxy) is 1. The van der Waals surface area contributed by atoms with Gasteiger partial charge in [0.15, 0.2) is 0 Å². The summed E-state index contributed by atoms with van der Waals surface area (Å²) in [5.41, 5.74) is 2.25. The molecule has 0 fully saturated rings. The second-order valence-electron chi connectivity index (χ2n) is 2.89. The highest BCUT2D eigenvalue weighted by molar-refractivity contribution is 5.87. The molecule has 70 valence electrons. The third-order valence-corrected chi connectivity index (χ3v) is 1.58. The molecule has 0 aliphatic rings. The first-order valence-corrected chi connectivity index (χ1v) is 4.26. The summed E-state index contributed by atoms with van der Waals surface area (Å²) in [5, 5.41) is 0. The van der Waals surface area contributed by atoms with Crippen molar-refractivity contribution in [2.75, 3.05) is 6.61 Å². The molecule has 0 atom stereocenters. The number of carbonyl (C=O) groups excluding carboxylic acids is 1. The van der Waals surface area contributed by atoms with Gasteiger partial charge in [0.1, 0.15) is 5.69 Å². The van der Waals surface area contributed by atoms with Crippen molar-refractivity contribution in [3.05, 3.63) is 29.1 Å². The molecule has 0 amide bonds. The number of nitrogens with zero attached hydrogens (tertiary/aromatic N) is 1. The highest BCUT2D eigenvalue weighted by Gasteiger charge is 2.08. The molecule has 3 nitrogen and oxygen atoms in total. The molecule has 0 saturated carbocycles. The van der Waals surface area contributed by atoms with Crippen molar-refractivity contribution in [3.8, 4) is 0 Å². The molecule has 0 radical (unpaired) electrons. The number of esters is 1. The van der Waals surface area contributed by atoms with Gasteiger partial charge in [-0.3, -0.25) is 0 Å². The molecule has 3 heteroatoms. The minimum Gasteiger partial charge on any atom is -0.461 e. The van der Waals surface area contributed by atoms with Crippen LogP contribution in [-0.4, -0.2) is 17.6 Å². The number of carbonyl (C=O) groups is 1. The largest absolute Gasteiger partial charge is 0.461 e. The van der Waals surface area contributed by atoms with Crippen LogP contribution in [0.15, 0.2) is 12.1 Å². The number of aryl methyl sites for hydroxylation is 2. The van der Waals surface area contributed by atoms with Crippen LogP contribution in [0.5, 0.6) is 0 Å². The Morgan fingerprint density at radius 1 is 1.46 bits per heavy atom. The molecule has 0 N–H and O–H groups in total. The van der Waals surface area contributed by atoms with Crippen LogP contribution in [0, 0.1) is 13.8 Å². The van der Waals surface area contributed by atoms with Gasteiger partial charge in [-0.05, 0) is 38.5 Å². The maximum atomic E-state index is 11.3. The van der Waals surface area contributed by atoms with Crippen LogP contribution in [0.2, 0.25) is 0 Å². The van der Waals surface area contributed by atoms with Crippen LogP contribution in [0.25, 0.3) is 0 Å². The fourth-order valence-corrected chi connectivity index (χ4v) is 1.15. The normalized spacial score (nSPS) is 9.77. The Kier molecular flexibility index (Phi) is 3.01. The van der Waals surface area contributed by atoms with E-state index in [1.807, 2.05) is 19.9 Å². The molecule has 13 heavy (non-hydrogen) atoms. The van der Waals surface area contributed by atoms with Crippen LogP contribution < -0.4 is 0 Å². The standard InChI is InChI=1S/C10H13NO2/c1-4-13-10(12)9-6-7(2)5-8(3)11-9/h5-6H,4H2,1-3H3. The van der Waals surface area contributed by atoms with Gasteiger partial charge in [-0.2, -0.15) is 0 Å². The molecule has 0 bridgehead atoms. The van der Waals surface area contributed by atoms with E-state index < -0.39 is 0 Å². The molecule has 0 spiro atoms. The van der Waals surface area contributed by atoms with Crippen molar-refractivity contribution in [2.45, 2.75) is 20.8 Å². The minimum atomic E-state index is -0.353. The summed E-state index contributed by atoms with van der Waals surface area (Å²) in [6.45, 7) is 5.95. The maximum absolute atomic E-state index is 11.3. The van der Waals surface area contributed by atoms with Crippen molar-refractivity contribution < 1.29 is 9.53 Å². The minimum absolute atomic E-state index is 0.353. The molecular weight excluding hydrogens is 166 g/mol. The van der Waals surface area contributed by atoms with E-state index in [1.165, 1.54) is 0 Å². The van der Waals surface area contributed by atoms with Crippen LogP contribution >= 0.6 is 0 Å². The van der Waals surface area contributed by atoms with Crippen molar-refractivity contribution in [1.82, 2.24) is 4.98 Å². The third-order valence-electron chi connectivity index (χ3n) is 1.58. The van der Waals surface area contributed by atoms with E-state index in [0.717, 1.165) is 11.3 Å². The van der Waals surface area contributed by atoms with Crippen molar-refractivity contribution >= 4 is 5.97 Å². The van der Waals surface area contributed by atoms with Crippen molar-refractivity contribution in [1.29, 1.82) is 0 Å². The lowest BCUT2D eigenvalue weighted by atomic mass is 10.2. The number of hydrogen-bond acceptors (Lipinski definition) is 3. The number of aromatic nitrogens is 1. The fraction of sp³-hybridized carbons (Fsp3) is 0.400. The Bertz CT molecular complexity index is 300. The Balaban J connectivity index is 2.94. The smallest absolute Gasteiger partial charge is 0.356 e. The van der Waals surface area contributed by atoms with E-state index in [0.29, 0.717) is 12.3 Å². The van der Waals surface area contributed by atoms with Gasteiger partial charge in [-0.1, -0.05) is 0 Å². The second-order valence-corrected chi connectivity index (χ2v) is 2.89. The SMILES string of the molecule is CCOC(=O)c1cc(C)cc(C)n1. The summed E-state index contributed by atoms with van der Waals surface area (Å²) < 4.78 is 4.84. The van der Waals surface area contributed by atoms with Gasteiger partial charge in [0.2, 0.25) is 0 Å². The first-order chi connectivity index (χ1) is 6.13. The Morgan fingerprint density at radius 3 is 2.69 bits per heavy atom. The van der Waals surface area contributed by atoms with Crippen LogP contribution in [-0.2, 0) is 4.74 Å². The van der Waals surface area contributed by atoms with Gasteiger partial charge in [0, 0.05) is 5.69 Å². The van der Waals surface area contributed by atoms with Gasteiger partial charge in [-0.15, -0.1) is 0 Å². The average Bonchev–Trinajstić information content (AvgIpc) is 2.03. The highest BCUT2D eigenvalue weighted by Crippen LogP contribution is 2.05. The van der Waals surface area contributed by atoms with Gasteiger partial charge in [-0.25, -0.2) is 9.78 Å². The van der Waals surface area contributed by atoms with Crippen LogP contribution in [0.1, 0.15) is 28.7 Å². The zero-order valence-electron chi connectivity index (χ0n) is 8.13. The van der Waals surface area contributed by atoms with Gasteiger partial charge in [0.25, 0.3) is 0 Å². The average molecular weight is 179 g/mol. The highest BCUT2D eigenvalue weighted by atomic mass is 16.5. The van der Waals surface area contributed by atoms with E-state index >= 15 is 0 Å².